The van der Waals surface area contributed by atoms with Gasteiger partial charge in [0.05, 0.1) is 0 Å². The molecule has 0 atom stereocenters. The van der Waals surface area contributed by atoms with Crippen molar-refractivity contribution >= 4 is 12.2 Å². The standard InChI is InChI=1S/C28H24N2O6/c31-27(35-25-17-9-3-10-18-25)29(33-21-23-13-5-1-6-14-23)30(34-22-24-15-7-2-8-16-24)28(32)36-26-19-11-4-12-20-26/h1-20H,21-22H2. The first-order valence-corrected chi connectivity index (χ1v) is 11.2. The topological polar surface area (TPSA) is 77.5 Å². The number of hydrazine groups is 1. The summed E-state index contributed by atoms with van der Waals surface area (Å²) >= 11 is 0. The quantitative estimate of drug-likeness (QED) is 0.279. The lowest BCUT2D eigenvalue weighted by molar-refractivity contribution is -0.361. The van der Waals surface area contributed by atoms with Crippen molar-refractivity contribution in [2.45, 2.75) is 13.2 Å². The van der Waals surface area contributed by atoms with Crippen molar-refractivity contribution in [3.8, 4) is 11.5 Å². The summed E-state index contributed by atoms with van der Waals surface area (Å²) < 4.78 is 10.9. The number of ether oxygens (including phenoxy) is 2. The summed E-state index contributed by atoms with van der Waals surface area (Å²) in [7, 11) is 0. The number of nitrogens with zero attached hydrogens (tertiary/aromatic N) is 2. The zero-order chi connectivity index (χ0) is 25.0. The number of para-hydroxylation sites is 2. The maximum absolute atomic E-state index is 13.2. The summed E-state index contributed by atoms with van der Waals surface area (Å²) in [5.41, 5.74) is 1.52. The molecule has 0 unspecified atom stereocenters. The molecule has 0 fully saturated rings. The molecule has 2 amide bonds. The van der Waals surface area contributed by atoms with Gasteiger partial charge < -0.3 is 9.47 Å². The molecule has 0 spiro atoms. The van der Waals surface area contributed by atoms with Gasteiger partial charge in [0.15, 0.2) is 0 Å². The van der Waals surface area contributed by atoms with Crippen molar-refractivity contribution in [3.63, 3.8) is 0 Å². The van der Waals surface area contributed by atoms with E-state index in [0.717, 1.165) is 11.1 Å². The third kappa shape index (κ3) is 7.17. The Hall–Kier alpha value is -4.66. The van der Waals surface area contributed by atoms with Crippen molar-refractivity contribution in [2.75, 3.05) is 0 Å². The minimum absolute atomic E-state index is 0.0471. The second-order valence-electron chi connectivity index (χ2n) is 7.43. The summed E-state index contributed by atoms with van der Waals surface area (Å²) in [4.78, 5) is 37.8. The van der Waals surface area contributed by atoms with Crippen LogP contribution in [0.3, 0.4) is 0 Å². The molecule has 0 aliphatic heterocycles. The molecule has 8 nitrogen and oxygen atoms in total. The van der Waals surface area contributed by atoms with Crippen molar-refractivity contribution in [1.29, 1.82) is 0 Å². The van der Waals surface area contributed by atoms with Crippen LogP contribution >= 0.6 is 0 Å². The molecule has 4 aromatic rings. The van der Waals surface area contributed by atoms with Gasteiger partial charge in [-0.3, -0.25) is 0 Å². The van der Waals surface area contributed by atoms with Gasteiger partial charge in [0, 0.05) is 0 Å². The van der Waals surface area contributed by atoms with E-state index < -0.39 is 12.2 Å². The van der Waals surface area contributed by atoms with Gasteiger partial charge in [-0.2, -0.15) is 0 Å². The van der Waals surface area contributed by atoms with E-state index >= 15 is 0 Å². The second-order valence-corrected chi connectivity index (χ2v) is 7.43. The lowest BCUT2D eigenvalue weighted by Crippen LogP contribution is -2.51. The average Bonchev–Trinajstić information content (AvgIpc) is 2.92. The first-order chi connectivity index (χ1) is 17.7. The molecular formula is C28H24N2O6. The van der Waals surface area contributed by atoms with Crippen LogP contribution in [-0.4, -0.2) is 22.5 Å². The number of hydrogen-bond acceptors (Lipinski definition) is 6. The lowest BCUT2D eigenvalue weighted by Gasteiger charge is -2.30. The number of carbonyl (C=O) groups excluding carboxylic acids is 2. The molecule has 0 saturated heterocycles. The van der Waals surface area contributed by atoms with Crippen LogP contribution in [0.5, 0.6) is 11.5 Å². The summed E-state index contributed by atoms with van der Waals surface area (Å²) in [6.07, 6.45) is -2.01. The summed E-state index contributed by atoms with van der Waals surface area (Å²) in [5, 5.41) is 1.21. The van der Waals surface area contributed by atoms with Gasteiger partial charge in [-0.25, -0.2) is 19.3 Å². The van der Waals surface area contributed by atoms with Gasteiger partial charge >= 0.3 is 12.2 Å². The molecule has 0 saturated carbocycles. The van der Waals surface area contributed by atoms with E-state index in [9.17, 15) is 9.59 Å². The van der Waals surface area contributed by atoms with E-state index in [2.05, 4.69) is 0 Å². The maximum Gasteiger partial charge on any atom is 0.461 e. The van der Waals surface area contributed by atoms with E-state index in [4.69, 9.17) is 19.1 Å². The first kappa shape index (κ1) is 24.5. The molecule has 0 N–H and O–H groups in total. The smallest absolute Gasteiger partial charge is 0.407 e. The normalized spacial score (nSPS) is 10.3. The third-order valence-electron chi connectivity index (χ3n) is 4.77. The Morgan fingerprint density at radius 3 is 1.11 bits per heavy atom. The predicted octanol–water partition coefficient (Wildman–Crippen LogP) is 6.17. The summed E-state index contributed by atoms with van der Waals surface area (Å²) in [6, 6.07) is 35.1. The molecule has 8 heteroatoms. The Bertz CT molecular complexity index is 1130. The molecule has 182 valence electrons. The Labute approximate surface area is 208 Å². The highest BCUT2D eigenvalue weighted by atomic mass is 16.9. The van der Waals surface area contributed by atoms with Gasteiger partial charge in [-0.1, -0.05) is 107 Å². The van der Waals surface area contributed by atoms with Crippen molar-refractivity contribution < 1.29 is 28.7 Å². The van der Waals surface area contributed by atoms with Crippen LogP contribution in [0.15, 0.2) is 121 Å². The van der Waals surface area contributed by atoms with E-state index in [1.807, 2.05) is 60.7 Å². The summed E-state index contributed by atoms with van der Waals surface area (Å²) in [5.74, 6) is 0.519. The fraction of sp³-hybridized carbons (Fsp3) is 0.0714. The lowest BCUT2D eigenvalue weighted by atomic mass is 10.2. The molecule has 0 aliphatic carbocycles. The highest BCUT2D eigenvalue weighted by molar-refractivity contribution is 5.75. The fourth-order valence-corrected chi connectivity index (χ4v) is 3.04. The first-order valence-electron chi connectivity index (χ1n) is 11.2. The van der Waals surface area contributed by atoms with Crippen LogP contribution in [-0.2, 0) is 22.9 Å². The van der Waals surface area contributed by atoms with Crippen LogP contribution in [0.1, 0.15) is 11.1 Å². The predicted molar refractivity (Wildman–Crippen MR) is 131 cm³/mol. The Morgan fingerprint density at radius 2 is 0.778 bits per heavy atom. The zero-order valence-corrected chi connectivity index (χ0v) is 19.3. The molecule has 4 rings (SSSR count). The van der Waals surface area contributed by atoms with E-state index in [1.54, 1.807) is 60.7 Å². The molecule has 0 radical (unpaired) electrons. The Morgan fingerprint density at radius 1 is 0.472 bits per heavy atom. The largest absolute Gasteiger partial charge is 0.461 e. The second kappa shape index (κ2) is 12.7. The van der Waals surface area contributed by atoms with Crippen LogP contribution in [0.25, 0.3) is 0 Å². The van der Waals surface area contributed by atoms with Crippen molar-refractivity contribution in [1.82, 2.24) is 10.3 Å². The minimum atomic E-state index is -1.00. The number of benzene rings is 4. The summed E-state index contributed by atoms with van der Waals surface area (Å²) in [6.45, 7) is -0.0942. The number of carbonyl (C=O) groups is 2. The fourth-order valence-electron chi connectivity index (χ4n) is 3.04. The number of hydroxylamine groups is 2. The highest BCUT2D eigenvalue weighted by Crippen LogP contribution is 2.18. The molecule has 0 aliphatic rings. The number of amides is 2. The van der Waals surface area contributed by atoms with Crippen molar-refractivity contribution in [3.05, 3.63) is 132 Å². The van der Waals surface area contributed by atoms with Gasteiger partial charge in [-0.05, 0) is 35.4 Å². The number of hydrogen-bond donors (Lipinski definition) is 0. The van der Waals surface area contributed by atoms with Crippen LogP contribution in [0.2, 0.25) is 0 Å². The third-order valence-corrected chi connectivity index (χ3v) is 4.77. The minimum Gasteiger partial charge on any atom is -0.407 e. The van der Waals surface area contributed by atoms with E-state index in [0.29, 0.717) is 10.3 Å². The number of rotatable bonds is 8. The van der Waals surface area contributed by atoms with Gasteiger partial charge in [0.25, 0.3) is 0 Å². The SMILES string of the molecule is O=C(Oc1ccccc1)N(OCc1ccccc1)N(OCc1ccccc1)C(=O)Oc1ccccc1. The van der Waals surface area contributed by atoms with Gasteiger partial charge in [-0.15, -0.1) is 0 Å². The zero-order valence-electron chi connectivity index (χ0n) is 19.3. The van der Waals surface area contributed by atoms with Gasteiger partial charge in [0.2, 0.25) is 0 Å². The van der Waals surface area contributed by atoms with Gasteiger partial charge in [0.1, 0.15) is 24.7 Å². The van der Waals surface area contributed by atoms with Crippen LogP contribution in [0.4, 0.5) is 9.59 Å². The van der Waals surface area contributed by atoms with E-state index in [-0.39, 0.29) is 24.7 Å². The van der Waals surface area contributed by atoms with Crippen molar-refractivity contribution in [2.24, 2.45) is 0 Å². The molecular weight excluding hydrogens is 460 g/mol. The average molecular weight is 485 g/mol. The van der Waals surface area contributed by atoms with Crippen LogP contribution < -0.4 is 9.47 Å². The Kier molecular flexibility index (Phi) is 8.63. The highest BCUT2D eigenvalue weighted by Gasteiger charge is 2.33. The molecule has 4 aromatic carbocycles. The molecule has 36 heavy (non-hydrogen) atoms. The molecule has 0 aromatic heterocycles. The molecule has 0 heterocycles. The van der Waals surface area contributed by atoms with Crippen LogP contribution in [0, 0.1) is 0 Å². The monoisotopic (exact) mass is 484 g/mol. The van der Waals surface area contributed by atoms with E-state index in [1.165, 1.54) is 0 Å². The maximum atomic E-state index is 13.2. The molecule has 0 bridgehead atoms. The Balaban J connectivity index is 1.60.